The van der Waals surface area contributed by atoms with Gasteiger partial charge in [0.25, 0.3) is 18.2 Å². The summed E-state index contributed by atoms with van der Waals surface area (Å²) < 4.78 is 75.8. The highest BCUT2D eigenvalue weighted by atomic mass is 19.4. The Balaban J connectivity index is 1.03. The molecule has 0 unspecified atom stereocenters. The summed E-state index contributed by atoms with van der Waals surface area (Å²) in [7, 11) is 1.80. The topological polar surface area (TPSA) is 102 Å². The molecule has 0 radical (unpaired) electrons. The molecule has 2 amide bonds. The number of rotatable bonds is 10. The van der Waals surface area contributed by atoms with Gasteiger partial charge in [0.2, 0.25) is 0 Å². The van der Waals surface area contributed by atoms with Crippen molar-refractivity contribution in [2.24, 2.45) is 7.05 Å². The predicted octanol–water partition coefficient (Wildman–Crippen LogP) is 6.63. The predicted molar refractivity (Wildman–Crippen MR) is 174 cm³/mol. The van der Waals surface area contributed by atoms with Gasteiger partial charge in [-0.3, -0.25) is 14.5 Å². The Hall–Kier alpha value is -5.57. The van der Waals surface area contributed by atoms with Crippen molar-refractivity contribution < 1.29 is 41.0 Å². The monoisotopic (exact) mass is 694 g/mol. The van der Waals surface area contributed by atoms with E-state index in [1.54, 1.807) is 35.9 Å². The molecule has 1 fully saturated rings. The second-order valence-electron chi connectivity index (χ2n) is 11.6. The summed E-state index contributed by atoms with van der Waals surface area (Å²) in [6.45, 7) is 2.46. The lowest BCUT2D eigenvalue weighted by atomic mass is 10.1. The second kappa shape index (κ2) is 14.5. The van der Waals surface area contributed by atoms with Crippen LogP contribution in [0.5, 0.6) is 17.5 Å². The van der Waals surface area contributed by atoms with Gasteiger partial charge in [0.15, 0.2) is 0 Å². The number of fused-ring (bicyclic) bond motifs is 1. The van der Waals surface area contributed by atoms with Crippen molar-refractivity contribution in [3.8, 4) is 17.5 Å². The van der Waals surface area contributed by atoms with E-state index in [2.05, 4.69) is 20.2 Å². The number of anilines is 1. The van der Waals surface area contributed by atoms with Crippen LogP contribution in [-0.4, -0.2) is 75.4 Å². The molecule has 6 rings (SSSR count). The molecule has 260 valence electrons. The highest BCUT2D eigenvalue weighted by Gasteiger charge is 2.30. The van der Waals surface area contributed by atoms with E-state index in [-0.39, 0.29) is 23.2 Å². The summed E-state index contributed by atoms with van der Waals surface area (Å²) in [5.74, 6) is 0.0961. The fourth-order valence-electron chi connectivity index (χ4n) is 5.51. The number of alkyl halides is 5. The fourth-order valence-corrected chi connectivity index (χ4v) is 5.51. The Morgan fingerprint density at radius 3 is 2.18 bits per heavy atom. The largest absolute Gasteiger partial charge is 0.488 e. The van der Waals surface area contributed by atoms with Crippen LogP contribution < -0.4 is 14.8 Å². The lowest BCUT2D eigenvalue weighted by Gasteiger charge is -2.34. The molecule has 0 saturated carbocycles. The van der Waals surface area contributed by atoms with Crippen molar-refractivity contribution in [1.29, 1.82) is 0 Å². The number of benzene rings is 3. The maximum absolute atomic E-state index is 13.5. The number of hydrogen-bond acceptors (Lipinski definition) is 7. The molecule has 3 aromatic carbocycles. The van der Waals surface area contributed by atoms with Gasteiger partial charge in [-0.25, -0.2) is 18.7 Å². The minimum Gasteiger partial charge on any atom is -0.488 e. The number of hydrogen-bond donors (Lipinski definition) is 1. The number of carbonyl (C=O) groups excluding carboxylic acids is 2. The van der Waals surface area contributed by atoms with Gasteiger partial charge >= 0.3 is 12.2 Å². The normalized spacial score (nSPS) is 13.9. The van der Waals surface area contributed by atoms with Crippen molar-refractivity contribution in [1.82, 2.24) is 24.3 Å². The quantitative estimate of drug-likeness (QED) is 0.164. The number of amides is 2. The van der Waals surface area contributed by atoms with Crippen molar-refractivity contribution in [2.75, 3.05) is 38.1 Å². The minimum atomic E-state index is -4.50. The van der Waals surface area contributed by atoms with Gasteiger partial charge in [0.05, 0.1) is 29.2 Å². The van der Waals surface area contributed by atoms with E-state index in [9.17, 15) is 31.5 Å². The highest BCUT2D eigenvalue weighted by Crippen LogP contribution is 2.30. The zero-order valence-electron chi connectivity index (χ0n) is 26.7. The Morgan fingerprint density at radius 1 is 0.880 bits per heavy atom. The number of aryl methyl sites for hydroxylation is 1. The minimum absolute atomic E-state index is 0.00345. The first kappa shape index (κ1) is 34.3. The molecule has 1 N–H and O–H groups in total. The zero-order valence-corrected chi connectivity index (χ0v) is 26.7. The first-order valence-electron chi connectivity index (χ1n) is 15.5. The standard InChI is InChI=1S/C35H31F5N6O4/c1-44-29-17-28(50-34-41-18-26(19-42-34)43-32(47)23-4-7-25(8-5-23)35(38,39)40)11-6-24(29)16-30(44)33(48)46-14-12-45(13-15-46)20-22-2-9-27(10-3-22)49-21-31(36)37/h2-11,16-19,31H,12-15,20-21H2,1H3,(H,43,47). The molecule has 2 aromatic heterocycles. The van der Waals surface area contributed by atoms with Crippen LogP contribution in [0, 0.1) is 0 Å². The molecule has 0 bridgehead atoms. The molecule has 10 nitrogen and oxygen atoms in total. The number of ether oxygens (including phenoxy) is 2. The summed E-state index contributed by atoms with van der Waals surface area (Å²) >= 11 is 0. The van der Waals surface area contributed by atoms with Crippen LogP contribution in [0.2, 0.25) is 0 Å². The number of nitrogens with one attached hydrogen (secondary N) is 1. The summed E-state index contributed by atoms with van der Waals surface area (Å²) in [5, 5.41) is 3.37. The molecule has 0 atom stereocenters. The first-order chi connectivity index (χ1) is 23.9. The zero-order chi connectivity index (χ0) is 35.4. The molecule has 1 saturated heterocycles. The van der Waals surface area contributed by atoms with Crippen molar-refractivity contribution >= 4 is 28.4 Å². The summed E-state index contributed by atoms with van der Waals surface area (Å²) in [4.78, 5) is 38.2. The van der Waals surface area contributed by atoms with Gasteiger partial charge in [-0.15, -0.1) is 0 Å². The van der Waals surface area contributed by atoms with Crippen molar-refractivity contribution in [3.63, 3.8) is 0 Å². The Kier molecular flexibility index (Phi) is 9.95. The first-order valence-corrected chi connectivity index (χ1v) is 15.5. The van der Waals surface area contributed by atoms with Gasteiger partial charge in [-0.1, -0.05) is 12.1 Å². The molecule has 5 aromatic rings. The summed E-state index contributed by atoms with van der Waals surface area (Å²) in [5.41, 5.74) is 1.70. The number of halogens is 5. The number of aromatic nitrogens is 3. The van der Waals surface area contributed by atoms with Gasteiger partial charge in [0, 0.05) is 56.8 Å². The lowest BCUT2D eigenvalue weighted by Crippen LogP contribution is -2.48. The molecular weight excluding hydrogens is 663 g/mol. The maximum Gasteiger partial charge on any atom is 0.416 e. The van der Waals surface area contributed by atoms with E-state index in [0.717, 1.165) is 40.7 Å². The van der Waals surface area contributed by atoms with E-state index in [4.69, 9.17) is 9.47 Å². The van der Waals surface area contributed by atoms with Crippen LogP contribution in [-0.2, 0) is 19.8 Å². The van der Waals surface area contributed by atoms with Crippen molar-refractivity contribution in [2.45, 2.75) is 19.1 Å². The molecule has 50 heavy (non-hydrogen) atoms. The van der Waals surface area contributed by atoms with E-state index in [1.165, 1.54) is 12.4 Å². The Bertz CT molecular complexity index is 1960. The van der Waals surface area contributed by atoms with Gasteiger partial charge < -0.3 is 24.3 Å². The van der Waals surface area contributed by atoms with Crippen LogP contribution in [0.1, 0.15) is 32.0 Å². The third-order valence-corrected chi connectivity index (χ3v) is 8.17. The van der Waals surface area contributed by atoms with E-state index >= 15 is 0 Å². The molecule has 15 heteroatoms. The van der Waals surface area contributed by atoms with Gasteiger partial charge in [-0.2, -0.15) is 13.2 Å². The number of carbonyl (C=O) groups is 2. The third-order valence-electron chi connectivity index (χ3n) is 8.17. The van der Waals surface area contributed by atoms with Crippen LogP contribution >= 0.6 is 0 Å². The SMILES string of the molecule is Cn1c(C(=O)N2CCN(Cc3ccc(OCC(F)F)cc3)CC2)cc2ccc(Oc3ncc(NC(=O)c4ccc(C(F)(F)F)cc4)cn3)cc21. The molecule has 0 aliphatic carbocycles. The highest BCUT2D eigenvalue weighted by molar-refractivity contribution is 6.04. The fraction of sp³-hybridized carbons (Fsp3) is 0.257. The second-order valence-corrected chi connectivity index (χ2v) is 11.6. The molecule has 0 spiro atoms. The Labute approximate surface area is 283 Å². The Morgan fingerprint density at radius 2 is 1.54 bits per heavy atom. The average molecular weight is 695 g/mol. The molecular formula is C35H31F5N6O4. The molecule has 1 aliphatic heterocycles. The van der Waals surface area contributed by atoms with Crippen LogP contribution in [0.25, 0.3) is 10.9 Å². The summed E-state index contributed by atoms with van der Waals surface area (Å²) in [6.07, 6.45) is -4.40. The summed E-state index contributed by atoms with van der Waals surface area (Å²) in [6, 6.07) is 18.0. The van der Waals surface area contributed by atoms with E-state index < -0.39 is 30.7 Å². The smallest absolute Gasteiger partial charge is 0.416 e. The lowest BCUT2D eigenvalue weighted by molar-refractivity contribution is -0.137. The maximum atomic E-state index is 13.5. The molecule has 1 aliphatic rings. The van der Waals surface area contributed by atoms with Crippen molar-refractivity contribution in [3.05, 3.63) is 108 Å². The van der Waals surface area contributed by atoms with E-state index in [0.29, 0.717) is 49.9 Å². The van der Waals surface area contributed by atoms with Gasteiger partial charge in [0.1, 0.15) is 23.8 Å². The van der Waals surface area contributed by atoms with Gasteiger partial charge in [-0.05, 0) is 60.2 Å². The third kappa shape index (κ3) is 8.17. The average Bonchev–Trinajstić information content (AvgIpc) is 3.43. The number of piperazine rings is 1. The van der Waals surface area contributed by atoms with Crippen LogP contribution in [0.15, 0.2) is 85.2 Å². The number of nitrogens with zero attached hydrogens (tertiary/aromatic N) is 5. The van der Waals surface area contributed by atoms with E-state index in [1.807, 2.05) is 29.2 Å². The molecule has 3 heterocycles. The van der Waals surface area contributed by atoms with Crippen LogP contribution in [0.4, 0.5) is 27.6 Å². The van der Waals surface area contributed by atoms with Crippen LogP contribution in [0.3, 0.4) is 0 Å².